The van der Waals surface area contributed by atoms with Gasteiger partial charge in [-0.05, 0) is 31.3 Å². The van der Waals surface area contributed by atoms with Gasteiger partial charge in [0.15, 0.2) is 0 Å². The molecule has 1 fully saturated rings. The standard InChI is InChI=1S/C9H20N2/c1-8-3-4-11(6-8)7-9(2)5-10/h8-9H,3-7,10H2,1-2H3/t8?,9-/m1/s1. The van der Waals surface area contributed by atoms with Crippen molar-refractivity contribution in [3.8, 4) is 0 Å². The second-order valence-electron chi connectivity index (χ2n) is 3.99. The summed E-state index contributed by atoms with van der Waals surface area (Å²) in [5.41, 5.74) is 5.56. The van der Waals surface area contributed by atoms with Gasteiger partial charge in [-0.15, -0.1) is 0 Å². The first-order chi connectivity index (χ1) is 5.22. The molecule has 2 heteroatoms. The summed E-state index contributed by atoms with van der Waals surface area (Å²) in [6, 6.07) is 0. The van der Waals surface area contributed by atoms with Crippen molar-refractivity contribution in [3.63, 3.8) is 0 Å². The van der Waals surface area contributed by atoms with E-state index in [-0.39, 0.29) is 0 Å². The lowest BCUT2D eigenvalue weighted by Crippen LogP contribution is -2.29. The summed E-state index contributed by atoms with van der Waals surface area (Å²) < 4.78 is 0. The van der Waals surface area contributed by atoms with Crippen LogP contribution in [0.5, 0.6) is 0 Å². The molecule has 1 aliphatic heterocycles. The van der Waals surface area contributed by atoms with Gasteiger partial charge in [-0.1, -0.05) is 13.8 Å². The van der Waals surface area contributed by atoms with Crippen LogP contribution in [0.25, 0.3) is 0 Å². The zero-order chi connectivity index (χ0) is 8.27. The molecule has 2 atom stereocenters. The minimum atomic E-state index is 0.667. The minimum Gasteiger partial charge on any atom is -0.330 e. The molecule has 1 saturated heterocycles. The second kappa shape index (κ2) is 4.07. The van der Waals surface area contributed by atoms with Gasteiger partial charge < -0.3 is 10.6 Å². The highest BCUT2D eigenvalue weighted by Gasteiger charge is 2.19. The molecule has 0 amide bonds. The van der Waals surface area contributed by atoms with Crippen molar-refractivity contribution in [2.24, 2.45) is 17.6 Å². The van der Waals surface area contributed by atoms with Crippen molar-refractivity contribution in [3.05, 3.63) is 0 Å². The minimum absolute atomic E-state index is 0.667. The summed E-state index contributed by atoms with van der Waals surface area (Å²) in [6.45, 7) is 9.14. The first-order valence-electron chi connectivity index (χ1n) is 4.64. The molecule has 0 radical (unpaired) electrons. The highest BCUT2D eigenvalue weighted by molar-refractivity contribution is 4.73. The van der Waals surface area contributed by atoms with E-state index in [2.05, 4.69) is 18.7 Å². The molecule has 11 heavy (non-hydrogen) atoms. The Labute approximate surface area is 69.8 Å². The average Bonchev–Trinajstić information content (AvgIpc) is 2.35. The normalized spacial score (nSPS) is 29.2. The number of hydrogen-bond acceptors (Lipinski definition) is 2. The fourth-order valence-corrected chi connectivity index (χ4v) is 1.71. The Morgan fingerprint density at radius 2 is 2.36 bits per heavy atom. The largest absolute Gasteiger partial charge is 0.330 e. The third-order valence-corrected chi connectivity index (χ3v) is 2.48. The SMILES string of the molecule is CC1CCN(C[C@H](C)CN)C1. The number of likely N-dealkylation sites (tertiary alicyclic amines) is 1. The molecule has 66 valence electrons. The van der Waals surface area contributed by atoms with Gasteiger partial charge in [-0.25, -0.2) is 0 Å². The van der Waals surface area contributed by atoms with E-state index in [0.29, 0.717) is 5.92 Å². The van der Waals surface area contributed by atoms with E-state index in [4.69, 9.17) is 5.73 Å². The van der Waals surface area contributed by atoms with Crippen LogP contribution in [0, 0.1) is 11.8 Å². The molecule has 2 N–H and O–H groups in total. The number of nitrogens with zero attached hydrogens (tertiary/aromatic N) is 1. The van der Waals surface area contributed by atoms with Crippen LogP contribution in [0.15, 0.2) is 0 Å². The van der Waals surface area contributed by atoms with Crippen LogP contribution in [0.3, 0.4) is 0 Å². The summed E-state index contributed by atoms with van der Waals surface area (Å²) >= 11 is 0. The van der Waals surface area contributed by atoms with Gasteiger partial charge in [-0.3, -0.25) is 0 Å². The first-order valence-corrected chi connectivity index (χ1v) is 4.64. The van der Waals surface area contributed by atoms with Crippen molar-refractivity contribution >= 4 is 0 Å². The first kappa shape index (κ1) is 9.01. The highest BCUT2D eigenvalue weighted by Crippen LogP contribution is 2.15. The van der Waals surface area contributed by atoms with Crippen molar-refractivity contribution in [1.82, 2.24) is 4.90 Å². The molecule has 0 saturated carbocycles. The van der Waals surface area contributed by atoms with E-state index in [9.17, 15) is 0 Å². The van der Waals surface area contributed by atoms with E-state index in [1.807, 2.05) is 0 Å². The molecule has 0 aromatic heterocycles. The molecule has 0 aliphatic carbocycles. The molecule has 0 spiro atoms. The topological polar surface area (TPSA) is 29.3 Å². The molecule has 2 nitrogen and oxygen atoms in total. The summed E-state index contributed by atoms with van der Waals surface area (Å²) in [5.74, 6) is 1.57. The Hall–Kier alpha value is -0.0800. The summed E-state index contributed by atoms with van der Waals surface area (Å²) in [6.07, 6.45) is 1.37. The van der Waals surface area contributed by atoms with E-state index in [1.165, 1.54) is 26.1 Å². The lowest BCUT2D eigenvalue weighted by molar-refractivity contribution is 0.283. The van der Waals surface area contributed by atoms with Crippen LogP contribution < -0.4 is 5.73 Å². The predicted molar refractivity (Wildman–Crippen MR) is 48.4 cm³/mol. The molecule has 0 aromatic rings. The monoisotopic (exact) mass is 156 g/mol. The van der Waals surface area contributed by atoms with E-state index in [0.717, 1.165) is 12.5 Å². The lowest BCUT2D eigenvalue weighted by atomic mass is 10.1. The third-order valence-electron chi connectivity index (χ3n) is 2.48. The van der Waals surface area contributed by atoms with E-state index in [1.54, 1.807) is 0 Å². The smallest absolute Gasteiger partial charge is 0.00192 e. The van der Waals surface area contributed by atoms with Crippen molar-refractivity contribution in [2.75, 3.05) is 26.2 Å². The van der Waals surface area contributed by atoms with Crippen molar-refractivity contribution in [2.45, 2.75) is 20.3 Å². The molecular weight excluding hydrogens is 136 g/mol. The number of rotatable bonds is 3. The predicted octanol–water partition coefficient (Wildman–Crippen LogP) is 0.923. The average molecular weight is 156 g/mol. The van der Waals surface area contributed by atoms with Crippen LogP contribution in [0.4, 0.5) is 0 Å². The molecular formula is C9H20N2. The van der Waals surface area contributed by atoms with Gasteiger partial charge in [0.25, 0.3) is 0 Å². The quantitative estimate of drug-likeness (QED) is 0.658. The zero-order valence-corrected chi connectivity index (χ0v) is 7.71. The third kappa shape index (κ3) is 2.80. The molecule has 0 aromatic carbocycles. The van der Waals surface area contributed by atoms with Gasteiger partial charge in [0, 0.05) is 13.1 Å². The van der Waals surface area contributed by atoms with Crippen LogP contribution in [0.2, 0.25) is 0 Å². The van der Waals surface area contributed by atoms with Crippen LogP contribution in [0.1, 0.15) is 20.3 Å². The fourth-order valence-electron chi connectivity index (χ4n) is 1.71. The van der Waals surface area contributed by atoms with Crippen LogP contribution >= 0.6 is 0 Å². The summed E-state index contributed by atoms with van der Waals surface area (Å²) in [7, 11) is 0. The van der Waals surface area contributed by atoms with Gasteiger partial charge >= 0.3 is 0 Å². The van der Waals surface area contributed by atoms with E-state index >= 15 is 0 Å². The Morgan fingerprint density at radius 3 is 2.82 bits per heavy atom. The zero-order valence-electron chi connectivity index (χ0n) is 7.71. The van der Waals surface area contributed by atoms with Crippen molar-refractivity contribution in [1.29, 1.82) is 0 Å². The molecule has 0 bridgehead atoms. The maximum absolute atomic E-state index is 5.56. The Balaban J connectivity index is 2.17. The Morgan fingerprint density at radius 1 is 1.64 bits per heavy atom. The molecule has 1 aliphatic rings. The highest BCUT2D eigenvalue weighted by atomic mass is 15.1. The van der Waals surface area contributed by atoms with E-state index < -0.39 is 0 Å². The van der Waals surface area contributed by atoms with Crippen LogP contribution in [-0.2, 0) is 0 Å². The number of hydrogen-bond donors (Lipinski definition) is 1. The molecule has 1 unspecified atom stereocenters. The maximum Gasteiger partial charge on any atom is 0.00192 e. The summed E-state index contributed by atoms with van der Waals surface area (Å²) in [5, 5.41) is 0. The van der Waals surface area contributed by atoms with Crippen molar-refractivity contribution < 1.29 is 0 Å². The second-order valence-corrected chi connectivity index (χ2v) is 3.99. The van der Waals surface area contributed by atoms with Crippen LogP contribution in [-0.4, -0.2) is 31.1 Å². The lowest BCUT2D eigenvalue weighted by Gasteiger charge is -2.18. The van der Waals surface area contributed by atoms with Gasteiger partial charge in [0.2, 0.25) is 0 Å². The maximum atomic E-state index is 5.56. The number of nitrogens with two attached hydrogens (primary N) is 1. The fraction of sp³-hybridized carbons (Fsp3) is 1.00. The Bertz CT molecular complexity index is 114. The molecule has 1 heterocycles. The van der Waals surface area contributed by atoms with Gasteiger partial charge in [0.05, 0.1) is 0 Å². The molecule has 1 rings (SSSR count). The van der Waals surface area contributed by atoms with Gasteiger partial charge in [-0.2, -0.15) is 0 Å². The summed E-state index contributed by atoms with van der Waals surface area (Å²) in [4.78, 5) is 2.53. The van der Waals surface area contributed by atoms with Gasteiger partial charge in [0.1, 0.15) is 0 Å². The Kier molecular flexibility index (Phi) is 3.34.